The monoisotopic (exact) mass is 136 g/mol. The maximum absolute atomic E-state index is 12.0. The highest BCUT2D eigenvalue weighted by Crippen LogP contribution is 2.50. The summed E-state index contributed by atoms with van der Waals surface area (Å²) in [7, 11) is 0. The Morgan fingerprint density at radius 2 is 2.11 bits per heavy atom. The molecule has 0 heterocycles. The van der Waals surface area contributed by atoms with E-state index in [1.807, 2.05) is 0 Å². The van der Waals surface area contributed by atoms with Crippen LogP contribution in [-0.2, 0) is 0 Å². The van der Waals surface area contributed by atoms with Gasteiger partial charge in [0.2, 0.25) is 0 Å². The smallest absolute Gasteiger partial charge is 0.251 e. The molecule has 1 fully saturated rings. The van der Waals surface area contributed by atoms with Crippen LogP contribution in [0.3, 0.4) is 0 Å². The van der Waals surface area contributed by atoms with Gasteiger partial charge in [-0.25, -0.2) is 8.78 Å². The molecule has 1 unspecified atom stereocenters. The number of rotatable bonds is 3. The Bertz CT molecular complexity index is 103. The molecule has 0 aromatic carbocycles. The Balaban J connectivity index is 2.06. The highest BCUT2D eigenvalue weighted by atomic mass is 19.3. The van der Waals surface area contributed by atoms with E-state index in [0.29, 0.717) is 12.8 Å². The van der Waals surface area contributed by atoms with Gasteiger partial charge in [-0.2, -0.15) is 0 Å². The van der Waals surface area contributed by atoms with E-state index >= 15 is 0 Å². The molecule has 1 saturated carbocycles. The Hall–Kier alpha value is -0.180. The van der Waals surface area contributed by atoms with Gasteiger partial charge in [-0.1, -0.05) is 0 Å². The lowest BCUT2D eigenvalue weighted by Crippen LogP contribution is -1.94. The SMILES string of the molecule is OCCCC1CC1(F)F. The van der Waals surface area contributed by atoms with Crippen molar-refractivity contribution >= 4 is 0 Å². The first kappa shape index (κ1) is 6.93. The molecule has 0 amide bonds. The molecular weight excluding hydrogens is 126 g/mol. The van der Waals surface area contributed by atoms with Gasteiger partial charge < -0.3 is 5.11 Å². The highest BCUT2D eigenvalue weighted by molar-refractivity contribution is 4.94. The van der Waals surface area contributed by atoms with Crippen LogP contribution in [0.25, 0.3) is 0 Å². The maximum Gasteiger partial charge on any atom is 0.251 e. The fourth-order valence-corrected chi connectivity index (χ4v) is 0.921. The Labute approximate surface area is 52.7 Å². The molecule has 1 rings (SSSR count). The van der Waals surface area contributed by atoms with Gasteiger partial charge in [0.1, 0.15) is 0 Å². The molecular formula is C6H10F2O. The van der Waals surface area contributed by atoms with E-state index in [-0.39, 0.29) is 13.0 Å². The number of halogens is 2. The average Bonchev–Trinajstić information content (AvgIpc) is 2.35. The molecule has 0 spiro atoms. The summed E-state index contributed by atoms with van der Waals surface area (Å²) >= 11 is 0. The molecule has 0 aromatic rings. The molecule has 9 heavy (non-hydrogen) atoms. The molecule has 1 aliphatic carbocycles. The summed E-state index contributed by atoms with van der Waals surface area (Å²) in [5, 5.41) is 8.27. The third-order valence-corrected chi connectivity index (χ3v) is 1.67. The summed E-state index contributed by atoms with van der Waals surface area (Å²) in [6, 6.07) is 0. The number of hydrogen-bond acceptors (Lipinski definition) is 1. The topological polar surface area (TPSA) is 20.2 Å². The Morgan fingerprint density at radius 3 is 2.44 bits per heavy atom. The third-order valence-electron chi connectivity index (χ3n) is 1.67. The van der Waals surface area contributed by atoms with Crippen molar-refractivity contribution in [3.8, 4) is 0 Å². The van der Waals surface area contributed by atoms with Crippen LogP contribution in [0.15, 0.2) is 0 Å². The van der Waals surface area contributed by atoms with Gasteiger partial charge in [-0.15, -0.1) is 0 Å². The number of aliphatic hydroxyl groups is 1. The lowest BCUT2D eigenvalue weighted by atomic mass is 10.2. The van der Waals surface area contributed by atoms with Gasteiger partial charge in [0.25, 0.3) is 5.92 Å². The van der Waals surface area contributed by atoms with E-state index < -0.39 is 11.8 Å². The van der Waals surface area contributed by atoms with E-state index in [1.165, 1.54) is 0 Å². The number of aliphatic hydroxyl groups excluding tert-OH is 1. The first-order valence-electron chi connectivity index (χ1n) is 3.15. The zero-order valence-corrected chi connectivity index (χ0v) is 5.11. The summed E-state index contributed by atoms with van der Waals surface area (Å²) in [6.07, 6.45) is 1.02. The molecule has 0 aromatic heterocycles. The molecule has 0 bridgehead atoms. The first-order valence-corrected chi connectivity index (χ1v) is 3.15. The second-order valence-corrected chi connectivity index (χ2v) is 2.53. The van der Waals surface area contributed by atoms with Crippen molar-refractivity contribution in [2.75, 3.05) is 6.61 Å². The van der Waals surface area contributed by atoms with E-state index in [2.05, 4.69) is 0 Å². The van der Waals surface area contributed by atoms with Crippen LogP contribution in [0, 0.1) is 5.92 Å². The van der Waals surface area contributed by atoms with Crippen molar-refractivity contribution in [3.63, 3.8) is 0 Å². The summed E-state index contributed by atoms with van der Waals surface area (Å²) in [5.41, 5.74) is 0. The molecule has 3 heteroatoms. The summed E-state index contributed by atoms with van der Waals surface area (Å²) < 4.78 is 24.1. The molecule has 0 aliphatic heterocycles. The normalized spacial score (nSPS) is 30.3. The van der Waals surface area contributed by atoms with Crippen LogP contribution in [0.1, 0.15) is 19.3 Å². The predicted octanol–water partition coefficient (Wildman–Crippen LogP) is 1.41. The highest BCUT2D eigenvalue weighted by Gasteiger charge is 2.55. The van der Waals surface area contributed by atoms with E-state index in [0.717, 1.165) is 0 Å². The predicted molar refractivity (Wildman–Crippen MR) is 29.4 cm³/mol. The number of alkyl halides is 2. The van der Waals surface area contributed by atoms with Gasteiger partial charge in [0.05, 0.1) is 0 Å². The molecule has 1 nitrogen and oxygen atoms in total. The minimum atomic E-state index is -2.39. The van der Waals surface area contributed by atoms with Crippen LogP contribution in [0.4, 0.5) is 8.78 Å². The van der Waals surface area contributed by atoms with Gasteiger partial charge in [0.15, 0.2) is 0 Å². The van der Waals surface area contributed by atoms with E-state index in [1.54, 1.807) is 0 Å². The first-order chi connectivity index (χ1) is 4.17. The lowest BCUT2D eigenvalue weighted by Gasteiger charge is -1.93. The second-order valence-electron chi connectivity index (χ2n) is 2.53. The molecule has 1 aliphatic rings. The zero-order valence-electron chi connectivity index (χ0n) is 5.11. The molecule has 54 valence electrons. The molecule has 0 saturated heterocycles. The third kappa shape index (κ3) is 1.61. The Kier molecular flexibility index (Phi) is 1.70. The van der Waals surface area contributed by atoms with Gasteiger partial charge >= 0.3 is 0 Å². The standard InChI is InChI=1S/C6H10F2O/c7-6(8)4-5(6)2-1-3-9/h5,9H,1-4H2. The fourth-order valence-electron chi connectivity index (χ4n) is 0.921. The van der Waals surface area contributed by atoms with Crippen LogP contribution in [0.5, 0.6) is 0 Å². The fraction of sp³-hybridized carbons (Fsp3) is 1.00. The minimum absolute atomic E-state index is 0.0343. The van der Waals surface area contributed by atoms with Crippen LogP contribution >= 0.6 is 0 Å². The van der Waals surface area contributed by atoms with Crippen molar-refractivity contribution in [1.29, 1.82) is 0 Å². The van der Waals surface area contributed by atoms with Crippen molar-refractivity contribution < 1.29 is 13.9 Å². The molecule has 0 radical (unpaired) electrons. The second kappa shape index (κ2) is 2.21. The van der Waals surface area contributed by atoms with Crippen molar-refractivity contribution in [3.05, 3.63) is 0 Å². The van der Waals surface area contributed by atoms with Crippen molar-refractivity contribution in [1.82, 2.24) is 0 Å². The lowest BCUT2D eigenvalue weighted by molar-refractivity contribution is 0.0952. The average molecular weight is 136 g/mol. The van der Waals surface area contributed by atoms with Crippen LogP contribution in [-0.4, -0.2) is 17.6 Å². The Morgan fingerprint density at radius 1 is 1.56 bits per heavy atom. The van der Waals surface area contributed by atoms with E-state index in [9.17, 15) is 8.78 Å². The summed E-state index contributed by atoms with van der Waals surface area (Å²) in [6.45, 7) is 0.0343. The summed E-state index contributed by atoms with van der Waals surface area (Å²) in [4.78, 5) is 0. The summed E-state index contributed by atoms with van der Waals surface area (Å²) in [5.74, 6) is -2.82. The van der Waals surface area contributed by atoms with Gasteiger partial charge in [-0.05, 0) is 12.8 Å². The minimum Gasteiger partial charge on any atom is -0.396 e. The van der Waals surface area contributed by atoms with Gasteiger partial charge in [-0.3, -0.25) is 0 Å². The van der Waals surface area contributed by atoms with Crippen molar-refractivity contribution in [2.24, 2.45) is 5.92 Å². The van der Waals surface area contributed by atoms with Crippen molar-refractivity contribution in [2.45, 2.75) is 25.2 Å². The van der Waals surface area contributed by atoms with Crippen LogP contribution < -0.4 is 0 Å². The van der Waals surface area contributed by atoms with Crippen LogP contribution in [0.2, 0.25) is 0 Å². The maximum atomic E-state index is 12.0. The largest absolute Gasteiger partial charge is 0.396 e. The zero-order chi connectivity index (χ0) is 6.91. The number of hydrogen-bond donors (Lipinski definition) is 1. The van der Waals surface area contributed by atoms with Gasteiger partial charge in [0, 0.05) is 18.9 Å². The molecule has 1 N–H and O–H groups in total. The molecule has 1 atom stereocenters. The van der Waals surface area contributed by atoms with E-state index in [4.69, 9.17) is 5.11 Å². The quantitative estimate of drug-likeness (QED) is 0.622.